The number of thiocarbonyl (C=S) groups is 1. The van der Waals surface area contributed by atoms with Gasteiger partial charge >= 0.3 is 0 Å². The molecule has 0 radical (unpaired) electrons. The molecule has 0 aromatic heterocycles. The van der Waals surface area contributed by atoms with Crippen LogP contribution >= 0.6 is 28.1 Å². The van der Waals surface area contributed by atoms with Crippen LogP contribution in [0.5, 0.6) is 5.75 Å². The fraction of sp³-hybridized carbons (Fsp3) is 0.231. The van der Waals surface area contributed by atoms with E-state index in [4.69, 9.17) is 17.0 Å². The van der Waals surface area contributed by atoms with Crippen molar-refractivity contribution < 1.29 is 9.53 Å². The van der Waals surface area contributed by atoms with Gasteiger partial charge in [-0.3, -0.25) is 10.1 Å². The monoisotopic (exact) mass is 342 g/mol. The molecule has 4 nitrogen and oxygen atoms in total. The zero-order valence-corrected chi connectivity index (χ0v) is 12.9. The molecule has 0 bridgehead atoms. The number of halogens is 1. The van der Waals surface area contributed by atoms with Crippen LogP contribution in [0.25, 0.3) is 0 Å². The normalized spacial score (nSPS) is 9.58. The van der Waals surface area contributed by atoms with E-state index in [-0.39, 0.29) is 11.0 Å². The van der Waals surface area contributed by atoms with Crippen molar-refractivity contribution >= 4 is 39.2 Å². The lowest BCUT2D eigenvalue weighted by molar-refractivity contribution is 0.0976. The van der Waals surface area contributed by atoms with Crippen LogP contribution in [0.1, 0.15) is 17.3 Å². The summed E-state index contributed by atoms with van der Waals surface area (Å²) in [5, 5.41) is 5.68. The molecule has 6 heteroatoms. The number of nitrogens with one attached hydrogen (secondary N) is 2. The van der Waals surface area contributed by atoms with Gasteiger partial charge in [0.05, 0.1) is 11.1 Å². The predicted octanol–water partition coefficient (Wildman–Crippen LogP) is 2.64. The van der Waals surface area contributed by atoms with Crippen molar-refractivity contribution in [2.45, 2.75) is 6.92 Å². The minimum atomic E-state index is -0.273. The highest BCUT2D eigenvalue weighted by Gasteiger charge is 2.10. The second-order valence-corrected chi connectivity index (χ2v) is 4.79. The molecule has 1 rings (SSSR count). The molecule has 1 amide bonds. The molecule has 1 aromatic carbocycles. The maximum atomic E-state index is 11.9. The van der Waals surface area contributed by atoms with Crippen LogP contribution in [0.2, 0.25) is 0 Å². The molecule has 102 valence electrons. The van der Waals surface area contributed by atoms with Gasteiger partial charge in [0, 0.05) is 12.1 Å². The van der Waals surface area contributed by atoms with Crippen LogP contribution in [0.15, 0.2) is 35.3 Å². The summed E-state index contributed by atoms with van der Waals surface area (Å²) in [5.74, 6) is 0.428. The van der Waals surface area contributed by atoms with Gasteiger partial charge in [0.1, 0.15) is 5.75 Å². The first-order valence-electron chi connectivity index (χ1n) is 5.71. The Hall–Kier alpha value is -1.40. The maximum absolute atomic E-state index is 11.9. The molecule has 0 aliphatic heterocycles. The number of amides is 1. The molecule has 0 spiro atoms. The molecular weight excluding hydrogens is 328 g/mol. The summed E-state index contributed by atoms with van der Waals surface area (Å²) in [4.78, 5) is 11.9. The molecule has 0 heterocycles. The third kappa shape index (κ3) is 5.00. The summed E-state index contributed by atoms with van der Waals surface area (Å²) >= 11 is 8.33. The number of carbonyl (C=O) groups is 1. The van der Waals surface area contributed by atoms with E-state index < -0.39 is 0 Å². The molecule has 1 aromatic rings. The lowest BCUT2D eigenvalue weighted by atomic mass is 10.2. The standard InChI is InChI=1S/C13H15BrN2O2S/c1-3-7-15-13(19)16-12(17)9-5-6-11(18-4-2)10(14)8-9/h3,5-6,8H,1,4,7H2,2H3,(H2,15,16,17,19). The third-order valence-electron chi connectivity index (χ3n) is 2.13. The van der Waals surface area contributed by atoms with E-state index in [0.717, 1.165) is 4.47 Å². The first kappa shape index (κ1) is 15.7. The van der Waals surface area contributed by atoms with E-state index in [9.17, 15) is 4.79 Å². The van der Waals surface area contributed by atoms with E-state index >= 15 is 0 Å². The molecule has 19 heavy (non-hydrogen) atoms. The topological polar surface area (TPSA) is 50.4 Å². The van der Waals surface area contributed by atoms with Crippen LogP contribution in [0, 0.1) is 0 Å². The van der Waals surface area contributed by atoms with E-state index in [2.05, 4.69) is 33.1 Å². The molecule has 0 aliphatic rings. The van der Waals surface area contributed by atoms with Crippen molar-refractivity contribution in [3.05, 3.63) is 40.9 Å². The smallest absolute Gasteiger partial charge is 0.257 e. The van der Waals surface area contributed by atoms with Gasteiger partial charge in [0.25, 0.3) is 5.91 Å². The molecule has 0 aliphatic carbocycles. The zero-order chi connectivity index (χ0) is 14.3. The quantitative estimate of drug-likeness (QED) is 0.638. The lowest BCUT2D eigenvalue weighted by Crippen LogP contribution is -2.39. The SMILES string of the molecule is C=CCNC(=S)NC(=O)c1ccc(OCC)c(Br)c1. The Kier molecular flexibility index (Phi) is 6.52. The molecule has 0 atom stereocenters. The number of ether oxygens (including phenoxy) is 1. The first-order valence-corrected chi connectivity index (χ1v) is 6.91. The van der Waals surface area contributed by atoms with Crippen molar-refractivity contribution in [2.75, 3.05) is 13.2 Å². The lowest BCUT2D eigenvalue weighted by Gasteiger charge is -2.10. The van der Waals surface area contributed by atoms with Gasteiger partial charge in [-0.15, -0.1) is 6.58 Å². The van der Waals surface area contributed by atoms with Crippen molar-refractivity contribution in [1.29, 1.82) is 0 Å². The molecule has 2 N–H and O–H groups in total. The van der Waals surface area contributed by atoms with Crippen molar-refractivity contribution in [3.8, 4) is 5.75 Å². The van der Waals surface area contributed by atoms with Crippen LogP contribution in [0.3, 0.4) is 0 Å². The Labute approximate surface area is 126 Å². The molecule has 0 saturated carbocycles. The second kappa shape index (κ2) is 7.91. The summed E-state index contributed by atoms with van der Waals surface area (Å²) < 4.78 is 6.11. The van der Waals surface area contributed by atoms with Crippen molar-refractivity contribution in [1.82, 2.24) is 10.6 Å². The van der Waals surface area contributed by atoms with E-state index in [1.54, 1.807) is 24.3 Å². The van der Waals surface area contributed by atoms with Gasteiger partial charge in [-0.1, -0.05) is 6.08 Å². The second-order valence-electron chi connectivity index (χ2n) is 3.53. The highest BCUT2D eigenvalue weighted by Crippen LogP contribution is 2.25. The van der Waals surface area contributed by atoms with Gasteiger partial charge in [0.2, 0.25) is 0 Å². The van der Waals surface area contributed by atoms with Crippen molar-refractivity contribution in [2.24, 2.45) is 0 Å². The third-order valence-corrected chi connectivity index (χ3v) is 2.99. The summed E-state index contributed by atoms with van der Waals surface area (Å²) in [6, 6.07) is 5.11. The van der Waals surface area contributed by atoms with Crippen LogP contribution in [0.4, 0.5) is 0 Å². The predicted molar refractivity (Wildman–Crippen MR) is 83.6 cm³/mol. The Morgan fingerprint density at radius 1 is 1.58 bits per heavy atom. The van der Waals surface area contributed by atoms with Gasteiger partial charge in [-0.2, -0.15) is 0 Å². The molecular formula is C13H15BrN2O2S. The Morgan fingerprint density at radius 3 is 2.89 bits per heavy atom. The number of hydrogen-bond acceptors (Lipinski definition) is 3. The van der Waals surface area contributed by atoms with Gasteiger partial charge in [-0.05, 0) is 53.3 Å². The van der Waals surface area contributed by atoms with Crippen LogP contribution < -0.4 is 15.4 Å². The Bertz CT molecular complexity index is 492. The first-order chi connectivity index (χ1) is 9.08. The molecule has 0 unspecified atom stereocenters. The summed E-state index contributed by atoms with van der Waals surface area (Å²) in [6.45, 7) is 6.53. The number of carbonyl (C=O) groups excluding carboxylic acids is 1. The fourth-order valence-corrected chi connectivity index (χ4v) is 1.97. The number of hydrogen-bond donors (Lipinski definition) is 2. The van der Waals surface area contributed by atoms with Gasteiger partial charge in [-0.25, -0.2) is 0 Å². The summed E-state index contributed by atoms with van der Waals surface area (Å²) in [7, 11) is 0. The molecule has 0 saturated heterocycles. The van der Waals surface area contributed by atoms with E-state index in [1.165, 1.54) is 0 Å². The highest BCUT2D eigenvalue weighted by molar-refractivity contribution is 9.10. The average molecular weight is 343 g/mol. The Morgan fingerprint density at radius 2 is 2.32 bits per heavy atom. The average Bonchev–Trinajstić information content (AvgIpc) is 2.38. The van der Waals surface area contributed by atoms with E-state index in [1.807, 2.05) is 6.92 Å². The fourth-order valence-electron chi connectivity index (χ4n) is 1.30. The highest BCUT2D eigenvalue weighted by atomic mass is 79.9. The van der Waals surface area contributed by atoms with Crippen LogP contribution in [-0.2, 0) is 0 Å². The number of benzene rings is 1. The van der Waals surface area contributed by atoms with E-state index in [0.29, 0.717) is 24.5 Å². The zero-order valence-electron chi connectivity index (χ0n) is 10.5. The summed E-state index contributed by atoms with van der Waals surface area (Å²) in [5.41, 5.74) is 0.498. The minimum absolute atomic E-state index is 0.273. The molecule has 0 fully saturated rings. The minimum Gasteiger partial charge on any atom is -0.493 e. The van der Waals surface area contributed by atoms with Crippen molar-refractivity contribution in [3.63, 3.8) is 0 Å². The maximum Gasteiger partial charge on any atom is 0.257 e. The number of rotatable bonds is 5. The largest absolute Gasteiger partial charge is 0.493 e. The Balaban J connectivity index is 2.69. The van der Waals surface area contributed by atoms with Crippen LogP contribution in [-0.4, -0.2) is 24.2 Å². The van der Waals surface area contributed by atoms with Gasteiger partial charge in [0.15, 0.2) is 5.11 Å². The summed E-state index contributed by atoms with van der Waals surface area (Å²) in [6.07, 6.45) is 1.66. The van der Waals surface area contributed by atoms with Gasteiger partial charge < -0.3 is 10.1 Å².